The number of sulfonamides is 1. The number of hydrogen-bond acceptors (Lipinski definition) is 6. The zero-order valence-corrected chi connectivity index (χ0v) is 20.7. The molecule has 178 valence electrons. The predicted molar refractivity (Wildman–Crippen MR) is 133 cm³/mol. The smallest absolute Gasteiger partial charge is 0.262 e. The van der Waals surface area contributed by atoms with E-state index in [1.165, 1.54) is 6.07 Å². The van der Waals surface area contributed by atoms with Crippen molar-refractivity contribution in [2.24, 2.45) is 0 Å². The fourth-order valence-corrected chi connectivity index (χ4v) is 5.90. The first-order valence-corrected chi connectivity index (χ1v) is 13.1. The Morgan fingerprint density at radius 1 is 1.21 bits per heavy atom. The number of pyridine rings is 1. The molecule has 0 spiro atoms. The lowest BCUT2D eigenvalue weighted by molar-refractivity contribution is 0.293. The first kappa shape index (κ1) is 22.8. The number of halogens is 1. The van der Waals surface area contributed by atoms with Crippen LogP contribution in [0.5, 0.6) is 11.6 Å². The van der Waals surface area contributed by atoms with Gasteiger partial charge in [0.2, 0.25) is 5.88 Å². The average Bonchev–Trinajstić information content (AvgIpc) is 3.26. The van der Waals surface area contributed by atoms with E-state index < -0.39 is 10.0 Å². The van der Waals surface area contributed by atoms with E-state index in [2.05, 4.69) is 14.6 Å². The second-order valence-electron chi connectivity index (χ2n) is 8.63. The molecule has 3 aromatic rings. The zero-order valence-electron chi connectivity index (χ0n) is 19.1. The molecule has 1 aliphatic heterocycles. The molecule has 0 unspecified atom stereocenters. The molecule has 1 aliphatic carbocycles. The van der Waals surface area contributed by atoms with Crippen molar-refractivity contribution < 1.29 is 17.9 Å². The van der Waals surface area contributed by atoms with Gasteiger partial charge in [0.05, 0.1) is 17.1 Å². The number of aryl methyl sites for hydroxylation is 2. The molecule has 1 N–H and O–H groups in total. The minimum Gasteiger partial charge on any atom is -0.490 e. The number of ether oxygens (including phenoxy) is 2. The Morgan fingerprint density at radius 3 is 2.91 bits per heavy atom. The summed E-state index contributed by atoms with van der Waals surface area (Å²) in [5.41, 5.74) is 4.77. The van der Waals surface area contributed by atoms with E-state index in [9.17, 15) is 8.42 Å². The summed E-state index contributed by atoms with van der Waals surface area (Å²) >= 11 is 6.17. The normalized spacial score (nSPS) is 14.9. The molecule has 0 saturated carbocycles. The number of nitrogens with one attached hydrogen (secondary N) is 1. The molecule has 7 nitrogen and oxygen atoms in total. The van der Waals surface area contributed by atoms with Crippen molar-refractivity contribution in [3.8, 4) is 11.6 Å². The van der Waals surface area contributed by atoms with E-state index in [-0.39, 0.29) is 17.4 Å². The minimum absolute atomic E-state index is 0.129. The number of fused-ring (bicyclic) bond motifs is 2. The molecule has 2 aromatic carbocycles. The van der Waals surface area contributed by atoms with Gasteiger partial charge in [-0.05, 0) is 73.2 Å². The summed E-state index contributed by atoms with van der Waals surface area (Å²) in [6.45, 7) is 3.41. The Balaban J connectivity index is 1.44. The second-order valence-corrected chi connectivity index (χ2v) is 10.7. The van der Waals surface area contributed by atoms with E-state index in [4.69, 9.17) is 21.1 Å². The van der Waals surface area contributed by atoms with Gasteiger partial charge in [-0.3, -0.25) is 4.72 Å². The van der Waals surface area contributed by atoms with Crippen LogP contribution in [0.1, 0.15) is 28.8 Å². The van der Waals surface area contributed by atoms with Gasteiger partial charge < -0.3 is 14.4 Å². The quantitative estimate of drug-likeness (QED) is 0.527. The van der Waals surface area contributed by atoms with E-state index in [0.717, 1.165) is 54.1 Å². The number of hydrogen-bond donors (Lipinski definition) is 1. The number of likely N-dealkylation sites (N-methyl/N-ethyl adjacent to an activating group) is 1. The van der Waals surface area contributed by atoms with Crippen LogP contribution in [0.3, 0.4) is 0 Å². The van der Waals surface area contributed by atoms with Crippen LogP contribution in [-0.4, -0.2) is 33.6 Å². The third-order valence-electron chi connectivity index (χ3n) is 6.26. The van der Waals surface area contributed by atoms with Crippen LogP contribution >= 0.6 is 11.6 Å². The first-order chi connectivity index (χ1) is 16.3. The van der Waals surface area contributed by atoms with Crippen LogP contribution in [-0.2, 0) is 29.5 Å². The molecule has 0 fully saturated rings. The van der Waals surface area contributed by atoms with Gasteiger partial charge in [0, 0.05) is 17.8 Å². The molecule has 9 heteroatoms. The van der Waals surface area contributed by atoms with Gasteiger partial charge in [0.1, 0.15) is 24.7 Å². The number of anilines is 2. The molecule has 0 atom stereocenters. The Hall–Kier alpha value is -2.97. The van der Waals surface area contributed by atoms with Gasteiger partial charge in [0.15, 0.2) is 0 Å². The SMILES string of the molecule is Cc1c(Cl)cccc1S(=O)(=O)Nc1cc2c(nc1OCc1ccc3c(c1)N(C)CCO3)CCC2. The van der Waals surface area contributed by atoms with Gasteiger partial charge in [0.25, 0.3) is 10.0 Å². The van der Waals surface area contributed by atoms with Crippen molar-refractivity contribution in [3.63, 3.8) is 0 Å². The summed E-state index contributed by atoms with van der Waals surface area (Å²) in [7, 11) is -1.86. The first-order valence-electron chi connectivity index (χ1n) is 11.2. The summed E-state index contributed by atoms with van der Waals surface area (Å²) < 4.78 is 40.9. The molecule has 34 heavy (non-hydrogen) atoms. The Bertz CT molecular complexity index is 1360. The maximum absolute atomic E-state index is 13.2. The van der Waals surface area contributed by atoms with E-state index in [1.807, 2.05) is 31.3 Å². The lowest BCUT2D eigenvalue weighted by Crippen LogP contribution is -2.28. The molecule has 0 saturated heterocycles. The van der Waals surface area contributed by atoms with Crippen LogP contribution in [0.2, 0.25) is 5.02 Å². The Kier molecular flexibility index (Phi) is 6.04. The molecule has 2 aliphatic rings. The molecule has 1 aromatic heterocycles. The number of nitrogens with zero attached hydrogens (tertiary/aromatic N) is 2. The van der Waals surface area contributed by atoms with Crippen molar-refractivity contribution in [1.29, 1.82) is 0 Å². The minimum atomic E-state index is -3.89. The van der Waals surface area contributed by atoms with Crippen LogP contribution in [0, 0.1) is 6.92 Å². The summed E-state index contributed by atoms with van der Waals surface area (Å²) in [5.74, 6) is 1.12. The fraction of sp³-hybridized carbons (Fsp3) is 0.320. The Morgan fingerprint density at radius 2 is 2.06 bits per heavy atom. The molecule has 0 bridgehead atoms. The summed E-state index contributed by atoms with van der Waals surface area (Å²) in [4.78, 5) is 6.95. The highest BCUT2D eigenvalue weighted by Gasteiger charge is 2.24. The van der Waals surface area contributed by atoms with Gasteiger partial charge in [-0.1, -0.05) is 23.7 Å². The average molecular weight is 500 g/mol. The largest absolute Gasteiger partial charge is 0.490 e. The van der Waals surface area contributed by atoms with E-state index in [1.54, 1.807) is 19.1 Å². The summed E-state index contributed by atoms with van der Waals surface area (Å²) in [6, 6.07) is 12.6. The summed E-state index contributed by atoms with van der Waals surface area (Å²) in [5, 5.41) is 0.396. The molecular formula is C25H26ClN3O4S. The number of rotatable bonds is 6. The van der Waals surface area contributed by atoms with Crippen molar-refractivity contribution in [3.05, 3.63) is 69.9 Å². The zero-order chi connectivity index (χ0) is 23.9. The van der Waals surface area contributed by atoms with Gasteiger partial charge in [-0.2, -0.15) is 0 Å². The predicted octanol–water partition coefficient (Wildman–Crippen LogP) is 4.74. The number of aromatic nitrogens is 1. The van der Waals surface area contributed by atoms with Crippen molar-refractivity contribution in [2.45, 2.75) is 37.7 Å². The van der Waals surface area contributed by atoms with Crippen LogP contribution in [0.4, 0.5) is 11.4 Å². The molecule has 0 amide bonds. The maximum atomic E-state index is 13.2. The molecule has 5 rings (SSSR count). The topological polar surface area (TPSA) is 80.8 Å². The van der Waals surface area contributed by atoms with E-state index in [0.29, 0.717) is 22.9 Å². The third-order valence-corrected chi connectivity index (χ3v) is 8.18. The van der Waals surface area contributed by atoms with Crippen LogP contribution in [0.25, 0.3) is 0 Å². The van der Waals surface area contributed by atoms with Gasteiger partial charge in [-0.15, -0.1) is 0 Å². The maximum Gasteiger partial charge on any atom is 0.262 e. The standard InChI is InChI=1S/C25H26ClN3O4S/c1-16-19(26)6-4-8-24(16)34(30,31)28-21-14-18-5-3-7-20(18)27-25(21)33-15-17-9-10-23-22(13-17)29(2)11-12-32-23/h4,6,8-10,13-14,28H,3,5,7,11-12,15H2,1-2H3. The van der Waals surface area contributed by atoms with Crippen molar-refractivity contribution >= 4 is 33.0 Å². The number of benzene rings is 2. The molecule has 0 radical (unpaired) electrons. The highest BCUT2D eigenvalue weighted by Crippen LogP contribution is 2.35. The van der Waals surface area contributed by atoms with Crippen molar-refractivity contribution in [1.82, 2.24) is 4.98 Å². The highest BCUT2D eigenvalue weighted by molar-refractivity contribution is 7.92. The van der Waals surface area contributed by atoms with Crippen molar-refractivity contribution in [2.75, 3.05) is 29.8 Å². The molecular weight excluding hydrogens is 474 g/mol. The van der Waals surface area contributed by atoms with Crippen LogP contribution < -0.4 is 19.1 Å². The third kappa shape index (κ3) is 4.40. The van der Waals surface area contributed by atoms with Gasteiger partial charge in [-0.25, -0.2) is 13.4 Å². The van der Waals surface area contributed by atoms with Gasteiger partial charge >= 0.3 is 0 Å². The lowest BCUT2D eigenvalue weighted by atomic mass is 10.1. The summed E-state index contributed by atoms with van der Waals surface area (Å²) in [6.07, 6.45) is 2.71. The fourth-order valence-electron chi connectivity index (χ4n) is 4.35. The lowest BCUT2D eigenvalue weighted by Gasteiger charge is -2.28. The second kappa shape index (κ2) is 9.00. The highest BCUT2D eigenvalue weighted by atomic mass is 35.5. The Labute approximate surface area is 204 Å². The monoisotopic (exact) mass is 499 g/mol. The van der Waals surface area contributed by atoms with Crippen LogP contribution in [0.15, 0.2) is 47.4 Å². The van der Waals surface area contributed by atoms with E-state index >= 15 is 0 Å². The molecule has 2 heterocycles.